The summed E-state index contributed by atoms with van der Waals surface area (Å²) in [5.41, 5.74) is 0. The molecule has 21 heavy (non-hydrogen) atoms. The highest BCUT2D eigenvalue weighted by Crippen LogP contribution is 2.33. The Kier molecular flexibility index (Phi) is 4.48. The Balaban J connectivity index is 1.59. The molecule has 5 heteroatoms. The van der Waals surface area contributed by atoms with Gasteiger partial charge in [0.15, 0.2) is 0 Å². The summed E-state index contributed by atoms with van der Waals surface area (Å²) < 4.78 is 0. The number of nitrogens with one attached hydrogen (secondary N) is 1. The van der Waals surface area contributed by atoms with Gasteiger partial charge in [-0.1, -0.05) is 12.8 Å². The van der Waals surface area contributed by atoms with Gasteiger partial charge in [-0.3, -0.25) is 14.5 Å². The third-order valence-electron chi connectivity index (χ3n) is 5.31. The zero-order valence-electron chi connectivity index (χ0n) is 13.0. The normalized spacial score (nSPS) is 25.9. The van der Waals surface area contributed by atoms with Gasteiger partial charge in [-0.2, -0.15) is 0 Å². The number of amides is 2. The average molecular weight is 293 g/mol. The van der Waals surface area contributed by atoms with Gasteiger partial charge in [0.05, 0.1) is 6.04 Å². The van der Waals surface area contributed by atoms with E-state index in [1.165, 1.54) is 25.7 Å². The van der Waals surface area contributed by atoms with Crippen molar-refractivity contribution in [3.05, 3.63) is 0 Å². The molecule has 3 rings (SSSR count). The van der Waals surface area contributed by atoms with Gasteiger partial charge in [-0.25, -0.2) is 0 Å². The van der Waals surface area contributed by atoms with E-state index < -0.39 is 0 Å². The van der Waals surface area contributed by atoms with Crippen LogP contribution in [0.1, 0.15) is 38.5 Å². The summed E-state index contributed by atoms with van der Waals surface area (Å²) in [6.07, 6.45) is 6.97. The first-order chi connectivity index (χ1) is 10.2. The van der Waals surface area contributed by atoms with Gasteiger partial charge in [-0.15, -0.1) is 0 Å². The van der Waals surface area contributed by atoms with E-state index in [4.69, 9.17) is 0 Å². The Labute approximate surface area is 127 Å². The molecule has 1 N–H and O–H groups in total. The Bertz CT molecular complexity index is 394. The lowest BCUT2D eigenvalue weighted by Gasteiger charge is -2.40. The van der Waals surface area contributed by atoms with Crippen LogP contribution in [0.3, 0.4) is 0 Å². The van der Waals surface area contributed by atoms with E-state index in [0.29, 0.717) is 17.7 Å². The maximum absolute atomic E-state index is 12.3. The number of carbonyl (C=O) groups excluding carboxylic acids is 2. The number of hydrogen-bond acceptors (Lipinski definition) is 3. The molecule has 1 aliphatic heterocycles. The van der Waals surface area contributed by atoms with Crippen molar-refractivity contribution in [2.75, 3.05) is 33.2 Å². The quantitative estimate of drug-likeness (QED) is 0.836. The largest absolute Gasteiger partial charge is 0.358 e. The monoisotopic (exact) mass is 293 g/mol. The van der Waals surface area contributed by atoms with Gasteiger partial charge < -0.3 is 10.2 Å². The van der Waals surface area contributed by atoms with E-state index in [1.54, 1.807) is 7.05 Å². The summed E-state index contributed by atoms with van der Waals surface area (Å²) in [5.74, 6) is 1.30. The van der Waals surface area contributed by atoms with Crippen LogP contribution >= 0.6 is 0 Å². The summed E-state index contributed by atoms with van der Waals surface area (Å²) >= 11 is 0. The molecule has 0 aromatic rings. The first-order valence-corrected chi connectivity index (χ1v) is 8.45. The van der Waals surface area contributed by atoms with Gasteiger partial charge >= 0.3 is 0 Å². The molecule has 0 aromatic heterocycles. The molecule has 1 unspecified atom stereocenters. The fraction of sp³-hybridized carbons (Fsp3) is 0.875. The zero-order chi connectivity index (χ0) is 14.8. The van der Waals surface area contributed by atoms with Gasteiger partial charge in [0, 0.05) is 39.1 Å². The lowest BCUT2D eigenvalue weighted by Crippen LogP contribution is -2.57. The topological polar surface area (TPSA) is 52.7 Å². The zero-order valence-corrected chi connectivity index (χ0v) is 13.0. The van der Waals surface area contributed by atoms with Crippen LogP contribution in [0.25, 0.3) is 0 Å². The Morgan fingerprint density at radius 3 is 2.14 bits per heavy atom. The van der Waals surface area contributed by atoms with Crippen molar-refractivity contribution in [2.24, 2.45) is 11.8 Å². The standard InChI is InChI=1S/C16H27N3O2/c1-17-15(20)14(12-4-2-3-5-12)18-8-10-19(11-9-18)16(21)13-6-7-13/h12-14H,2-11H2,1H3,(H,17,20). The molecule has 1 saturated heterocycles. The maximum Gasteiger partial charge on any atom is 0.237 e. The molecule has 3 aliphatic rings. The molecule has 118 valence electrons. The summed E-state index contributed by atoms with van der Waals surface area (Å²) in [7, 11) is 1.73. The number of rotatable bonds is 4. The van der Waals surface area contributed by atoms with Crippen molar-refractivity contribution >= 4 is 11.8 Å². The Morgan fingerprint density at radius 1 is 1.00 bits per heavy atom. The van der Waals surface area contributed by atoms with Crippen molar-refractivity contribution in [3.8, 4) is 0 Å². The number of likely N-dealkylation sites (N-methyl/N-ethyl adjacent to an activating group) is 1. The van der Waals surface area contributed by atoms with E-state index in [9.17, 15) is 9.59 Å². The van der Waals surface area contributed by atoms with E-state index in [-0.39, 0.29) is 11.9 Å². The van der Waals surface area contributed by atoms with Crippen molar-refractivity contribution in [1.29, 1.82) is 0 Å². The second-order valence-corrected chi connectivity index (χ2v) is 6.74. The fourth-order valence-corrected chi connectivity index (χ4v) is 3.91. The van der Waals surface area contributed by atoms with Gasteiger partial charge in [0.1, 0.15) is 0 Å². The Hall–Kier alpha value is -1.10. The van der Waals surface area contributed by atoms with E-state index in [2.05, 4.69) is 10.2 Å². The lowest BCUT2D eigenvalue weighted by molar-refractivity contribution is -0.136. The highest BCUT2D eigenvalue weighted by molar-refractivity contribution is 5.82. The van der Waals surface area contributed by atoms with Crippen LogP contribution < -0.4 is 5.32 Å². The molecule has 2 amide bonds. The smallest absolute Gasteiger partial charge is 0.237 e. The van der Waals surface area contributed by atoms with Gasteiger partial charge in [0.25, 0.3) is 0 Å². The summed E-state index contributed by atoms with van der Waals surface area (Å²) in [4.78, 5) is 28.7. The molecule has 1 atom stereocenters. The van der Waals surface area contributed by atoms with E-state index in [0.717, 1.165) is 39.0 Å². The molecule has 5 nitrogen and oxygen atoms in total. The molecule has 1 heterocycles. The predicted octanol–water partition coefficient (Wildman–Crippen LogP) is 0.845. The van der Waals surface area contributed by atoms with Gasteiger partial charge in [-0.05, 0) is 31.6 Å². The second kappa shape index (κ2) is 6.34. The molecule has 0 spiro atoms. The van der Waals surface area contributed by atoms with Crippen LogP contribution in [0.15, 0.2) is 0 Å². The lowest BCUT2D eigenvalue weighted by atomic mass is 9.95. The first-order valence-electron chi connectivity index (χ1n) is 8.45. The third kappa shape index (κ3) is 3.23. The van der Waals surface area contributed by atoms with E-state index in [1.807, 2.05) is 4.90 Å². The minimum absolute atomic E-state index is 0.00989. The number of piperazine rings is 1. The molecule has 3 fully saturated rings. The number of hydrogen-bond donors (Lipinski definition) is 1. The minimum atomic E-state index is 0.00989. The van der Waals surface area contributed by atoms with Crippen LogP contribution in [-0.4, -0.2) is 60.9 Å². The fourth-order valence-electron chi connectivity index (χ4n) is 3.91. The maximum atomic E-state index is 12.3. The van der Waals surface area contributed by atoms with Crippen LogP contribution in [0.2, 0.25) is 0 Å². The Morgan fingerprint density at radius 2 is 1.62 bits per heavy atom. The second-order valence-electron chi connectivity index (χ2n) is 6.74. The highest BCUT2D eigenvalue weighted by Gasteiger charge is 2.39. The van der Waals surface area contributed by atoms with Crippen molar-refractivity contribution in [2.45, 2.75) is 44.6 Å². The number of carbonyl (C=O) groups is 2. The van der Waals surface area contributed by atoms with Crippen LogP contribution in [-0.2, 0) is 9.59 Å². The number of nitrogens with zero attached hydrogens (tertiary/aromatic N) is 2. The highest BCUT2D eigenvalue weighted by atomic mass is 16.2. The van der Waals surface area contributed by atoms with Crippen LogP contribution in [0.5, 0.6) is 0 Å². The van der Waals surface area contributed by atoms with Gasteiger partial charge in [0.2, 0.25) is 11.8 Å². The molecule has 0 aromatic carbocycles. The SMILES string of the molecule is CNC(=O)C(C1CCCC1)N1CCN(C(=O)C2CC2)CC1. The average Bonchev–Trinajstić information content (AvgIpc) is 3.24. The predicted molar refractivity (Wildman–Crippen MR) is 80.7 cm³/mol. The third-order valence-corrected chi connectivity index (χ3v) is 5.31. The molecule has 2 aliphatic carbocycles. The van der Waals surface area contributed by atoms with E-state index >= 15 is 0 Å². The first kappa shape index (κ1) is 14.8. The molecule has 0 bridgehead atoms. The summed E-state index contributed by atoms with van der Waals surface area (Å²) in [6, 6.07) is 0.00989. The molecular formula is C16H27N3O2. The summed E-state index contributed by atoms with van der Waals surface area (Å²) in [5, 5.41) is 2.84. The summed E-state index contributed by atoms with van der Waals surface area (Å²) in [6.45, 7) is 3.26. The molecule has 0 radical (unpaired) electrons. The molecular weight excluding hydrogens is 266 g/mol. The van der Waals surface area contributed by atoms with Crippen LogP contribution in [0.4, 0.5) is 0 Å². The molecule has 2 saturated carbocycles. The van der Waals surface area contributed by atoms with Crippen molar-refractivity contribution in [3.63, 3.8) is 0 Å². The minimum Gasteiger partial charge on any atom is -0.358 e. The van der Waals surface area contributed by atoms with Crippen molar-refractivity contribution in [1.82, 2.24) is 15.1 Å². The van der Waals surface area contributed by atoms with Crippen LogP contribution in [0, 0.1) is 11.8 Å². The van der Waals surface area contributed by atoms with Crippen molar-refractivity contribution < 1.29 is 9.59 Å².